The fourth-order valence-electron chi connectivity index (χ4n) is 1.59. The van der Waals surface area contributed by atoms with Crippen LogP contribution in [0.5, 0.6) is 0 Å². The summed E-state index contributed by atoms with van der Waals surface area (Å²) in [5.74, 6) is -2.93. The minimum atomic E-state index is -4.75. The van der Waals surface area contributed by atoms with Crippen molar-refractivity contribution in [2.45, 2.75) is 25.0 Å². The van der Waals surface area contributed by atoms with E-state index in [1.165, 1.54) is 28.5 Å². The molecule has 0 bridgehead atoms. The van der Waals surface area contributed by atoms with Crippen molar-refractivity contribution in [3.05, 3.63) is 12.2 Å². The summed E-state index contributed by atoms with van der Waals surface area (Å²) < 4.78 is 35.7. The molecule has 1 saturated heterocycles. The van der Waals surface area contributed by atoms with Crippen LogP contribution >= 0.6 is 21.6 Å². The molecule has 13 heteroatoms. The van der Waals surface area contributed by atoms with Gasteiger partial charge in [0.1, 0.15) is 6.61 Å². The molecule has 1 unspecified atom stereocenters. The van der Waals surface area contributed by atoms with Crippen LogP contribution in [-0.4, -0.2) is 65.1 Å². The lowest BCUT2D eigenvalue weighted by molar-refractivity contribution is -0.197. The number of hydrogen-bond donors (Lipinski definition) is 1. The van der Waals surface area contributed by atoms with Crippen molar-refractivity contribution in [1.82, 2.24) is 5.06 Å². The molecule has 10 nitrogen and oxygen atoms in total. The van der Waals surface area contributed by atoms with Gasteiger partial charge in [-0.05, 0) is 6.92 Å². The van der Waals surface area contributed by atoms with Gasteiger partial charge in [-0.1, -0.05) is 28.2 Å². The highest BCUT2D eigenvalue weighted by molar-refractivity contribution is 8.76. The van der Waals surface area contributed by atoms with E-state index in [0.29, 0.717) is 11.3 Å². The summed E-state index contributed by atoms with van der Waals surface area (Å²) in [5.41, 5.74) is 0.299. The quantitative estimate of drug-likeness (QED) is 0.129. The van der Waals surface area contributed by atoms with Crippen LogP contribution in [-0.2, 0) is 38.9 Å². The second-order valence-electron chi connectivity index (χ2n) is 5.01. The van der Waals surface area contributed by atoms with Crippen molar-refractivity contribution in [2.75, 3.05) is 18.1 Å². The van der Waals surface area contributed by atoms with E-state index in [1.54, 1.807) is 0 Å². The Labute approximate surface area is 157 Å². The molecule has 1 aliphatic heterocycles. The maximum atomic E-state index is 11.7. The first-order chi connectivity index (χ1) is 12.0. The molecular weight excluding hydrogens is 410 g/mol. The van der Waals surface area contributed by atoms with Gasteiger partial charge < -0.3 is 9.57 Å². The lowest BCUT2D eigenvalue weighted by Gasteiger charge is -2.13. The Balaban J connectivity index is 2.25. The molecule has 1 rings (SSSR count). The second-order valence-corrected chi connectivity index (χ2v) is 9.31. The third-order valence-corrected chi connectivity index (χ3v) is 6.29. The Morgan fingerprint density at radius 3 is 2.46 bits per heavy atom. The number of nitrogens with zero attached hydrogens (tertiary/aromatic N) is 1. The molecule has 1 atom stereocenters. The summed E-state index contributed by atoms with van der Waals surface area (Å²) in [5, 5.41) is -1.88. The molecule has 1 fully saturated rings. The van der Waals surface area contributed by atoms with Crippen molar-refractivity contribution in [3.8, 4) is 0 Å². The van der Waals surface area contributed by atoms with Crippen LogP contribution < -0.4 is 0 Å². The number of hydroxylamine groups is 2. The summed E-state index contributed by atoms with van der Waals surface area (Å²) in [4.78, 5) is 50.5. The van der Waals surface area contributed by atoms with Crippen LogP contribution in [0.1, 0.15) is 19.8 Å². The van der Waals surface area contributed by atoms with Gasteiger partial charge >= 0.3 is 11.9 Å². The zero-order chi connectivity index (χ0) is 19.9. The molecule has 26 heavy (non-hydrogen) atoms. The van der Waals surface area contributed by atoms with E-state index in [0.717, 1.165) is 0 Å². The van der Waals surface area contributed by atoms with Crippen molar-refractivity contribution >= 4 is 55.5 Å². The largest absolute Gasteiger partial charge is 0.461 e. The standard InChI is InChI=1S/C13H17NO9S3/c1-8(2)13(18)22-4-6-25-24-5-3-11(16)23-14-10(15)7-9(12(14)17)26(19,20)21/h9H,1,3-7H2,2H3,(H,19,20,21). The molecule has 0 aliphatic carbocycles. The van der Waals surface area contributed by atoms with E-state index in [9.17, 15) is 27.6 Å². The van der Waals surface area contributed by atoms with Crippen LogP contribution in [0.2, 0.25) is 0 Å². The van der Waals surface area contributed by atoms with E-state index >= 15 is 0 Å². The summed E-state index contributed by atoms with van der Waals surface area (Å²) in [6.07, 6.45) is -0.921. The number of rotatable bonds is 10. The zero-order valence-electron chi connectivity index (χ0n) is 13.7. The van der Waals surface area contributed by atoms with Crippen LogP contribution in [0.15, 0.2) is 12.2 Å². The predicted molar refractivity (Wildman–Crippen MR) is 93.2 cm³/mol. The maximum Gasteiger partial charge on any atom is 0.334 e. The van der Waals surface area contributed by atoms with E-state index < -0.39 is 45.5 Å². The zero-order valence-corrected chi connectivity index (χ0v) is 16.2. The smallest absolute Gasteiger partial charge is 0.334 e. The number of esters is 1. The van der Waals surface area contributed by atoms with Gasteiger partial charge in [-0.15, -0.1) is 5.06 Å². The Hall–Kier alpha value is -1.57. The third-order valence-electron chi connectivity index (χ3n) is 2.84. The van der Waals surface area contributed by atoms with E-state index in [1.807, 2.05) is 0 Å². The molecule has 0 aromatic carbocycles. The highest BCUT2D eigenvalue weighted by Gasteiger charge is 2.48. The van der Waals surface area contributed by atoms with E-state index in [4.69, 9.17) is 9.29 Å². The summed E-state index contributed by atoms with van der Waals surface area (Å²) in [6.45, 7) is 5.15. The molecule has 146 valence electrons. The Morgan fingerprint density at radius 1 is 1.31 bits per heavy atom. The first-order valence-corrected chi connectivity index (χ1v) is 11.1. The maximum absolute atomic E-state index is 11.7. The molecule has 1 heterocycles. The van der Waals surface area contributed by atoms with Gasteiger partial charge in [-0.25, -0.2) is 9.59 Å². The fourth-order valence-corrected chi connectivity index (χ4v) is 4.10. The monoisotopic (exact) mass is 427 g/mol. The van der Waals surface area contributed by atoms with Crippen LogP contribution in [0.3, 0.4) is 0 Å². The topological polar surface area (TPSA) is 144 Å². The highest BCUT2D eigenvalue weighted by Crippen LogP contribution is 2.23. The average molecular weight is 427 g/mol. The number of hydrogen-bond acceptors (Lipinski definition) is 10. The first kappa shape index (κ1) is 22.5. The number of imide groups is 1. The van der Waals surface area contributed by atoms with Crippen molar-refractivity contribution < 1.29 is 41.7 Å². The van der Waals surface area contributed by atoms with Gasteiger partial charge in [-0.3, -0.25) is 14.1 Å². The highest BCUT2D eigenvalue weighted by atomic mass is 33.1. The van der Waals surface area contributed by atoms with Gasteiger partial charge in [-0.2, -0.15) is 8.42 Å². The van der Waals surface area contributed by atoms with Gasteiger partial charge in [0.15, 0.2) is 5.25 Å². The third kappa shape index (κ3) is 6.97. The minimum Gasteiger partial charge on any atom is -0.461 e. The normalized spacial score (nSPS) is 17.3. The molecule has 1 N–H and O–H groups in total. The van der Waals surface area contributed by atoms with Gasteiger partial charge in [0.05, 0.1) is 12.8 Å². The molecular formula is C13H17NO9S3. The number of ether oxygens (including phenoxy) is 1. The number of carbonyl (C=O) groups is 4. The predicted octanol–water partition coefficient (Wildman–Crippen LogP) is 0.351. The summed E-state index contributed by atoms with van der Waals surface area (Å²) in [7, 11) is -2.12. The van der Waals surface area contributed by atoms with E-state index in [2.05, 4.69) is 11.4 Å². The van der Waals surface area contributed by atoms with Crippen molar-refractivity contribution in [1.29, 1.82) is 0 Å². The van der Waals surface area contributed by atoms with Crippen molar-refractivity contribution in [2.24, 2.45) is 0 Å². The van der Waals surface area contributed by atoms with Crippen LogP contribution in [0, 0.1) is 0 Å². The molecule has 0 saturated carbocycles. The lowest BCUT2D eigenvalue weighted by Crippen LogP contribution is -2.36. The van der Waals surface area contributed by atoms with Gasteiger partial charge in [0.25, 0.3) is 21.9 Å². The number of amides is 2. The van der Waals surface area contributed by atoms with Crippen LogP contribution in [0.25, 0.3) is 0 Å². The van der Waals surface area contributed by atoms with E-state index in [-0.39, 0.29) is 23.8 Å². The first-order valence-electron chi connectivity index (χ1n) is 7.15. The summed E-state index contributed by atoms with van der Waals surface area (Å²) in [6, 6.07) is 0. The Bertz CT molecular complexity index is 704. The SMILES string of the molecule is C=C(C)C(=O)OCCSSCCC(=O)ON1C(=O)CC(S(=O)(=O)O)C1=O. The van der Waals surface area contributed by atoms with Gasteiger partial charge in [0.2, 0.25) is 0 Å². The molecule has 0 spiro atoms. The number of carbonyl (C=O) groups excluding carboxylic acids is 4. The average Bonchev–Trinajstić information content (AvgIpc) is 2.81. The second kappa shape index (κ2) is 9.94. The van der Waals surface area contributed by atoms with Crippen molar-refractivity contribution in [3.63, 3.8) is 0 Å². The molecule has 0 aromatic heterocycles. The molecule has 0 aromatic rings. The fraction of sp³-hybridized carbons (Fsp3) is 0.538. The Kier molecular flexibility index (Phi) is 8.59. The molecule has 2 amide bonds. The lowest BCUT2D eigenvalue weighted by atomic mass is 10.4. The van der Waals surface area contributed by atoms with Gasteiger partial charge in [0, 0.05) is 17.1 Å². The molecule has 1 aliphatic rings. The minimum absolute atomic E-state index is 0.0651. The molecule has 0 radical (unpaired) electrons. The van der Waals surface area contributed by atoms with Crippen LogP contribution in [0.4, 0.5) is 0 Å². The summed E-state index contributed by atoms with van der Waals surface area (Å²) >= 11 is 0. The Morgan fingerprint density at radius 2 is 1.92 bits per heavy atom.